The van der Waals surface area contributed by atoms with Crippen molar-refractivity contribution in [3.63, 3.8) is 0 Å². The first kappa shape index (κ1) is 78.5. The van der Waals surface area contributed by atoms with Crippen molar-refractivity contribution < 1.29 is 126 Å². The van der Waals surface area contributed by atoms with Crippen molar-refractivity contribution in [3.8, 4) is 0 Å². The topological polar surface area (TPSA) is 510 Å². The third-order valence-corrected chi connectivity index (χ3v) is 15.2. The zero-order chi connectivity index (χ0) is 69.2. The minimum absolute atomic E-state index is 0.0156. The molecule has 32 nitrogen and oxygen atoms in total. The number of nitrogens with one attached hydrogen (secondary N) is 5. The van der Waals surface area contributed by atoms with Crippen molar-refractivity contribution in [2.75, 3.05) is 0 Å². The van der Waals surface area contributed by atoms with Gasteiger partial charge in [0.1, 0.15) is 42.0 Å². The highest BCUT2D eigenvalue weighted by molar-refractivity contribution is 5.92. The fourth-order valence-corrected chi connectivity index (χ4v) is 10.2. The molecule has 0 saturated heterocycles. The van der Waals surface area contributed by atoms with Crippen LogP contribution in [0.25, 0.3) is 0 Å². The summed E-state index contributed by atoms with van der Waals surface area (Å²) in [5.74, 6) is -19.3. The van der Waals surface area contributed by atoms with Crippen molar-refractivity contribution in [3.05, 3.63) is 22.8 Å². The van der Waals surface area contributed by atoms with Gasteiger partial charge in [-0.15, -0.1) is 0 Å². The maximum atomic E-state index is 14.0. The molecule has 0 aromatic carbocycles. The molecule has 1 fully saturated rings. The van der Waals surface area contributed by atoms with Crippen LogP contribution in [0.5, 0.6) is 0 Å². The molecule has 0 aliphatic heterocycles. The van der Waals surface area contributed by atoms with E-state index in [0.29, 0.717) is 6.42 Å². The summed E-state index contributed by atoms with van der Waals surface area (Å²) in [5.41, 5.74) is 4.16. The van der Waals surface area contributed by atoms with E-state index >= 15 is 0 Å². The van der Waals surface area contributed by atoms with E-state index in [9.17, 15) is 97.5 Å². The number of carbonyl (C=O) groups excluding carboxylic acids is 10. The lowest BCUT2D eigenvalue weighted by atomic mass is 9.85. The molecule has 2 unspecified atom stereocenters. The average molecular weight is 1300 g/mol. The molecule has 0 spiro atoms. The lowest BCUT2D eigenvalue weighted by Crippen LogP contribution is -2.53. The Balaban J connectivity index is 2.14. The number of unbranched alkanes of at least 4 members (excludes halogenated alkanes) is 4. The molecule has 0 bridgehead atoms. The third-order valence-electron chi connectivity index (χ3n) is 15.2. The van der Waals surface area contributed by atoms with E-state index in [4.69, 9.17) is 34.5 Å². The van der Waals surface area contributed by atoms with Gasteiger partial charge in [-0.2, -0.15) is 0 Å². The number of amides is 5. The molecule has 5 amide bonds. The van der Waals surface area contributed by atoms with Crippen LogP contribution in [0.4, 0.5) is 0 Å². The van der Waals surface area contributed by atoms with Crippen LogP contribution in [0.15, 0.2) is 22.8 Å². The number of ether oxygens (including phenoxy) is 5. The van der Waals surface area contributed by atoms with Crippen molar-refractivity contribution in [1.82, 2.24) is 26.6 Å². The van der Waals surface area contributed by atoms with E-state index in [0.717, 1.165) is 39.5 Å². The molecular formula is C59H88N6O26. The number of hydrogen-bond donors (Lipinski definition) is 12. The van der Waals surface area contributed by atoms with Gasteiger partial charge < -0.3 is 86.6 Å². The van der Waals surface area contributed by atoms with Crippen LogP contribution in [0.3, 0.4) is 0 Å². The van der Waals surface area contributed by atoms with Gasteiger partial charge in [0.25, 0.3) is 0 Å². The molecule has 510 valence electrons. The predicted octanol–water partition coefficient (Wildman–Crippen LogP) is 0.744. The Morgan fingerprint density at radius 3 is 1.54 bits per heavy atom. The smallest absolute Gasteiger partial charge is 0.334 e. The second-order valence-electron chi connectivity index (χ2n) is 22.8. The van der Waals surface area contributed by atoms with Gasteiger partial charge in [-0.25, -0.2) is 24.0 Å². The summed E-state index contributed by atoms with van der Waals surface area (Å²) >= 11 is 0. The first-order valence-electron chi connectivity index (χ1n) is 29.8. The lowest BCUT2D eigenvalue weighted by molar-refractivity contribution is -0.190. The van der Waals surface area contributed by atoms with Crippen molar-refractivity contribution >= 4 is 89.2 Å². The SMILES string of the molecule is C/C=C(/C)C(=O)O[C@H]1C(C)=C2[C@H]([C@@H]1OC(=O)CCCCCCC)[C@@H](OC(C)=O)C[C@H](OC(=O)C(C)CC(C)NC(=O)C[C@H](N)C(=O)N[C@@H](CCC(=O)N[C@@H](CCC(=O)N[C@@H](CCC(=O)N[C@@H](CCC(=O)O)C(=O)O)C(=O)O)C(=O)O)C(=O)O)[C@@](C)(O)[C@H]2OC(C)=O. The fourth-order valence-electron chi connectivity index (χ4n) is 10.2. The van der Waals surface area contributed by atoms with E-state index in [-0.39, 0.29) is 29.6 Å². The number of allylic oxidation sites excluding steroid dienone is 1. The zero-order valence-corrected chi connectivity index (χ0v) is 52.5. The fraction of sp³-hybridized carbons (Fsp3) is 0.678. The number of rotatable bonds is 39. The molecule has 2 aliphatic rings. The van der Waals surface area contributed by atoms with Crippen molar-refractivity contribution in [2.24, 2.45) is 17.6 Å². The second kappa shape index (κ2) is 37.6. The summed E-state index contributed by atoms with van der Waals surface area (Å²) in [4.78, 5) is 189. The molecule has 2 rings (SSSR count). The summed E-state index contributed by atoms with van der Waals surface area (Å²) in [6.07, 6.45) is -8.12. The molecular weight excluding hydrogens is 1210 g/mol. The Morgan fingerprint density at radius 1 is 0.615 bits per heavy atom. The van der Waals surface area contributed by atoms with Gasteiger partial charge in [0, 0.05) is 64.0 Å². The third kappa shape index (κ3) is 26.1. The molecule has 0 aromatic heterocycles. The molecule has 14 atom stereocenters. The molecule has 32 heteroatoms. The average Bonchev–Trinajstić information content (AvgIpc) is 1.58. The van der Waals surface area contributed by atoms with Crippen LogP contribution < -0.4 is 32.3 Å². The van der Waals surface area contributed by atoms with Crippen molar-refractivity contribution in [2.45, 2.75) is 244 Å². The van der Waals surface area contributed by atoms with Crippen LogP contribution in [0.2, 0.25) is 0 Å². The predicted molar refractivity (Wildman–Crippen MR) is 312 cm³/mol. The number of fused-ring (bicyclic) bond motifs is 1. The summed E-state index contributed by atoms with van der Waals surface area (Å²) in [5, 5.41) is 70.5. The van der Waals surface area contributed by atoms with Gasteiger partial charge in [0.2, 0.25) is 29.5 Å². The molecule has 91 heavy (non-hydrogen) atoms. The van der Waals surface area contributed by atoms with Crippen LogP contribution >= 0.6 is 0 Å². The Labute approximate surface area is 524 Å². The Kier molecular flexibility index (Phi) is 32.4. The molecule has 13 N–H and O–H groups in total. The number of carboxylic acids is 5. The minimum Gasteiger partial charge on any atom is -0.481 e. The molecule has 2 aliphatic carbocycles. The minimum atomic E-state index is -2.31. The number of carbonyl (C=O) groups is 15. The number of hydrogen-bond acceptors (Lipinski definition) is 22. The molecule has 0 radical (unpaired) electrons. The Bertz CT molecular complexity index is 2740. The van der Waals surface area contributed by atoms with E-state index < -0.39 is 238 Å². The van der Waals surface area contributed by atoms with Gasteiger partial charge >= 0.3 is 59.7 Å². The van der Waals surface area contributed by atoms with Gasteiger partial charge in [-0.3, -0.25) is 47.9 Å². The van der Waals surface area contributed by atoms with E-state index in [1.165, 1.54) is 40.7 Å². The Hall–Kier alpha value is -8.55. The summed E-state index contributed by atoms with van der Waals surface area (Å²) < 4.78 is 29.6. The standard InChI is InChI=1S/C59H88N6O26/c1-10-12-13-14-15-16-46(74)90-50-48-39(87-32(7)66)27-40(59(9,86)51(88-33(8)67)47(48)31(6)49(50)91-57(84)28(3)11-2)89-58(85)29(4)25-30(5)61-44(71)26-34(60)52(75)65-38(56(82)83)19-23-43(70)63-36(54(78)79)17-21-41(68)62-35(53(76)77)18-22-42(69)64-37(55(80)81)20-24-45(72)73/h11,29-30,34-40,48-51,86H,10,12-27,60H2,1-9H3,(H,61,71)(H,62,68)(H,63,70)(H,64,69)(H,65,75)(H,72,73)(H,76,77)(H,78,79)(H,80,81)(H,82,83)/b28-11-/t29?,30?,34-,35-,36-,37-,38-,39-,40-,48+,49-,50-,51-,59+/m0/s1. The van der Waals surface area contributed by atoms with Gasteiger partial charge in [-0.1, -0.05) is 45.6 Å². The maximum Gasteiger partial charge on any atom is 0.334 e. The van der Waals surface area contributed by atoms with Gasteiger partial charge in [0.15, 0.2) is 18.3 Å². The highest BCUT2D eigenvalue weighted by atomic mass is 16.6. The monoisotopic (exact) mass is 1300 g/mol. The number of esters is 5. The van der Waals surface area contributed by atoms with Gasteiger partial charge in [-0.05, 0) is 84.3 Å². The highest BCUT2D eigenvalue weighted by Gasteiger charge is 2.61. The number of aliphatic hydroxyl groups is 1. The van der Waals surface area contributed by atoms with Crippen molar-refractivity contribution in [1.29, 1.82) is 0 Å². The second-order valence-corrected chi connectivity index (χ2v) is 22.8. The molecule has 1 saturated carbocycles. The van der Waals surface area contributed by atoms with Crippen LogP contribution in [0, 0.1) is 11.8 Å². The number of nitrogens with two attached hydrogens (primary N) is 1. The summed E-state index contributed by atoms with van der Waals surface area (Å²) in [6, 6.07) is -9.45. The normalized spacial score (nSPS) is 21.8. The number of aliphatic carboxylic acids is 5. The summed E-state index contributed by atoms with van der Waals surface area (Å²) in [6.45, 7) is 13.0. The lowest BCUT2D eigenvalue weighted by Gasteiger charge is -2.37. The van der Waals surface area contributed by atoms with E-state index in [1.54, 1.807) is 6.92 Å². The van der Waals surface area contributed by atoms with Gasteiger partial charge in [0.05, 0.1) is 24.3 Å². The molecule has 0 heterocycles. The first-order chi connectivity index (χ1) is 42.4. The van der Waals surface area contributed by atoms with Crippen LogP contribution in [-0.4, -0.2) is 192 Å². The summed E-state index contributed by atoms with van der Waals surface area (Å²) in [7, 11) is 0. The maximum absolute atomic E-state index is 14.0. The van der Waals surface area contributed by atoms with Crippen LogP contribution in [-0.2, 0) is 95.6 Å². The van der Waals surface area contributed by atoms with Crippen LogP contribution in [0.1, 0.15) is 171 Å². The first-order valence-corrected chi connectivity index (χ1v) is 29.8. The zero-order valence-electron chi connectivity index (χ0n) is 52.5. The van der Waals surface area contributed by atoms with E-state index in [2.05, 4.69) is 26.6 Å². The highest BCUT2D eigenvalue weighted by Crippen LogP contribution is 2.49. The quantitative estimate of drug-likeness (QED) is 0.0133. The Morgan fingerprint density at radius 2 is 1.09 bits per heavy atom. The largest absolute Gasteiger partial charge is 0.481 e. The molecule has 0 aromatic rings. The number of carboxylic acid groups (broad SMARTS) is 5. The van der Waals surface area contributed by atoms with E-state index in [1.807, 2.05) is 6.92 Å².